The first kappa shape index (κ1) is 18.3. The number of rotatable bonds is 3. The van der Waals surface area contributed by atoms with E-state index in [1.165, 1.54) is 18.2 Å². The van der Waals surface area contributed by atoms with Crippen molar-refractivity contribution >= 4 is 40.2 Å². The molecule has 0 N–H and O–H groups in total. The van der Waals surface area contributed by atoms with Gasteiger partial charge in [0.2, 0.25) is 5.91 Å². The molecular weight excluding hydrogens is 356 g/mol. The van der Waals surface area contributed by atoms with Crippen molar-refractivity contribution in [2.24, 2.45) is 18.9 Å². The number of nitrogens with zero attached hydrogens (tertiary/aromatic N) is 2. The zero-order chi connectivity index (χ0) is 18.1. The van der Waals surface area contributed by atoms with Crippen LogP contribution in [0.4, 0.5) is 0 Å². The molecule has 1 aliphatic rings. The SMILES string of the molecule is C[C@@H]1C[C@@H](C)CN(C(=O)CSc2cc(=O)n(C)c3cc(Cl)ccc23)C1. The Morgan fingerprint density at radius 1 is 1.24 bits per heavy atom. The fourth-order valence-corrected chi connectivity index (χ4v) is 4.75. The summed E-state index contributed by atoms with van der Waals surface area (Å²) in [5, 5.41) is 1.54. The Labute approximate surface area is 157 Å². The number of piperidine rings is 1. The fraction of sp³-hybridized carbons (Fsp3) is 0.474. The average molecular weight is 379 g/mol. The number of carbonyl (C=O) groups is 1. The molecular formula is C19H23ClN2O2S. The summed E-state index contributed by atoms with van der Waals surface area (Å²) in [5.41, 5.74) is 0.695. The lowest BCUT2D eigenvalue weighted by atomic mass is 9.92. The van der Waals surface area contributed by atoms with Crippen LogP contribution in [0.1, 0.15) is 20.3 Å². The first-order valence-electron chi connectivity index (χ1n) is 8.55. The monoisotopic (exact) mass is 378 g/mol. The summed E-state index contributed by atoms with van der Waals surface area (Å²) in [5.74, 6) is 1.59. The molecule has 1 saturated heterocycles. The topological polar surface area (TPSA) is 42.3 Å². The molecule has 1 fully saturated rings. The molecule has 1 amide bonds. The van der Waals surface area contributed by atoms with Crippen LogP contribution in [0.15, 0.2) is 34.0 Å². The van der Waals surface area contributed by atoms with Gasteiger partial charge in [-0.15, -0.1) is 11.8 Å². The largest absolute Gasteiger partial charge is 0.341 e. The highest BCUT2D eigenvalue weighted by molar-refractivity contribution is 8.00. The van der Waals surface area contributed by atoms with Crippen molar-refractivity contribution < 1.29 is 4.79 Å². The van der Waals surface area contributed by atoms with E-state index in [1.807, 2.05) is 17.0 Å². The number of carbonyl (C=O) groups excluding carboxylic acids is 1. The lowest BCUT2D eigenvalue weighted by Gasteiger charge is -2.35. The van der Waals surface area contributed by atoms with Crippen molar-refractivity contribution in [1.29, 1.82) is 0 Å². The van der Waals surface area contributed by atoms with Crippen molar-refractivity contribution in [3.8, 4) is 0 Å². The highest BCUT2D eigenvalue weighted by Gasteiger charge is 2.25. The second kappa shape index (κ2) is 7.42. The maximum absolute atomic E-state index is 12.6. The van der Waals surface area contributed by atoms with Crippen molar-refractivity contribution in [2.45, 2.75) is 25.2 Å². The maximum atomic E-state index is 12.6. The van der Waals surface area contributed by atoms with Crippen molar-refractivity contribution in [3.05, 3.63) is 39.6 Å². The van der Waals surface area contributed by atoms with E-state index in [9.17, 15) is 9.59 Å². The predicted octanol–water partition coefficient (Wildman–Crippen LogP) is 3.79. The van der Waals surface area contributed by atoms with E-state index in [4.69, 9.17) is 11.6 Å². The van der Waals surface area contributed by atoms with Gasteiger partial charge in [0.05, 0.1) is 11.3 Å². The molecule has 1 aromatic heterocycles. The van der Waals surface area contributed by atoms with Gasteiger partial charge in [-0.3, -0.25) is 9.59 Å². The van der Waals surface area contributed by atoms with Gasteiger partial charge in [-0.05, 0) is 30.4 Å². The Balaban J connectivity index is 1.80. The number of aromatic nitrogens is 1. The Kier molecular flexibility index (Phi) is 5.44. The molecule has 4 nitrogen and oxygen atoms in total. The number of likely N-dealkylation sites (tertiary alicyclic amines) is 1. The summed E-state index contributed by atoms with van der Waals surface area (Å²) < 4.78 is 1.58. The third-order valence-electron chi connectivity index (χ3n) is 4.74. The number of amides is 1. The minimum atomic E-state index is -0.0927. The lowest BCUT2D eigenvalue weighted by molar-refractivity contribution is -0.130. The van der Waals surface area contributed by atoms with Gasteiger partial charge in [0.1, 0.15) is 0 Å². The van der Waals surface area contributed by atoms with Crippen LogP contribution in [0.2, 0.25) is 5.02 Å². The standard InChI is InChI=1S/C19H23ClN2O2S/c1-12-6-13(2)10-22(9-12)19(24)11-25-17-8-18(23)21(3)16-7-14(20)4-5-15(16)17/h4-5,7-8,12-13H,6,9-11H2,1-3H3/t12-,13-/m1/s1. The molecule has 2 aromatic rings. The molecule has 134 valence electrons. The molecule has 1 aliphatic heterocycles. The summed E-state index contributed by atoms with van der Waals surface area (Å²) >= 11 is 7.50. The number of thioether (sulfide) groups is 1. The molecule has 0 bridgehead atoms. The molecule has 2 atom stereocenters. The summed E-state index contributed by atoms with van der Waals surface area (Å²) in [6.07, 6.45) is 1.18. The van der Waals surface area contributed by atoms with E-state index in [0.29, 0.717) is 22.6 Å². The summed E-state index contributed by atoms with van der Waals surface area (Å²) in [6.45, 7) is 6.05. The molecule has 0 radical (unpaired) electrons. The second-order valence-corrected chi connectivity index (χ2v) is 8.55. The molecule has 0 spiro atoms. The van der Waals surface area contributed by atoms with Crippen molar-refractivity contribution in [1.82, 2.24) is 9.47 Å². The van der Waals surface area contributed by atoms with E-state index in [2.05, 4.69) is 13.8 Å². The van der Waals surface area contributed by atoms with Gasteiger partial charge >= 0.3 is 0 Å². The van der Waals surface area contributed by atoms with Gasteiger partial charge in [0.15, 0.2) is 0 Å². The molecule has 0 aliphatic carbocycles. The highest BCUT2D eigenvalue weighted by atomic mass is 35.5. The smallest absolute Gasteiger partial charge is 0.251 e. The van der Waals surface area contributed by atoms with Crippen LogP contribution in [0.25, 0.3) is 10.9 Å². The number of halogens is 1. The molecule has 1 aromatic carbocycles. The van der Waals surface area contributed by atoms with E-state index in [-0.39, 0.29) is 11.5 Å². The van der Waals surface area contributed by atoms with E-state index in [0.717, 1.165) is 28.9 Å². The third-order valence-corrected chi connectivity index (χ3v) is 6.02. The van der Waals surface area contributed by atoms with E-state index in [1.54, 1.807) is 23.7 Å². The van der Waals surface area contributed by atoms with Gasteiger partial charge in [-0.25, -0.2) is 0 Å². The van der Waals surface area contributed by atoms with Crippen LogP contribution in [0.5, 0.6) is 0 Å². The Bertz CT molecular complexity index is 854. The van der Waals surface area contributed by atoms with Crippen LogP contribution in [0.3, 0.4) is 0 Å². The number of aryl methyl sites for hydroxylation is 1. The Morgan fingerprint density at radius 3 is 2.60 bits per heavy atom. The summed E-state index contributed by atoms with van der Waals surface area (Å²) in [6, 6.07) is 7.12. The zero-order valence-corrected chi connectivity index (χ0v) is 16.4. The Hall–Kier alpha value is -1.46. The van der Waals surface area contributed by atoms with Gasteiger partial charge in [-0.2, -0.15) is 0 Å². The lowest BCUT2D eigenvalue weighted by Crippen LogP contribution is -2.43. The number of pyridine rings is 1. The van der Waals surface area contributed by atoms with Crippen LogP contribution >= 0.6 is 23.4 Å². The molecule has 6 heteroatoms. The Morgan fingerprint density at radius 2 is 1.92 bits per heavy atom. The number of fused-ring (bicyclic) bond motifs is 1. The fourth-order valence-electron chi connectivity index (χ4n) is 3.61. The normalized spacial score (nSPS) is 20.9. The van der Waals surface area contributed by atoms with Gasteiger partial charge < -0.3 is 9.47 Å². The first-order chi connectivity index (χ1) is 11.8. The highest BCUT2D eigenvalue weighted by Crippen LogP contribution is 2.29. The predicted molar refractivity (Wildman–Crippen MR) is 104 cm³/mol. The minimum Gasteiger partial charge on any atom is -0.341 e. The van der Waals surface area contributed by atoms with Crippen LogP contribution in [-0.2, 0) is 11.8 Å². The molecule has 25 heavy (non-hydrogen) atoms. The third kappa shape index (κ3) is 4.04. The van der Waals surface area contributed by atoms with Gasteiger partial charge in [0.25, 0.3) is 5.56 Å². The quantitative estimate of drug-likeness (QED) is 0.763. The molecule has 0 unspecified atom stereocenters. The van der Waals surface area contributed by atoms with Crippen molar-refractivity contribution in [2.75, 3.05) is 18.8 Å². The number of benzene rings is 1. The van der Waals surface area contributed by atoms with Crippen LogP contribution in [0, 0.1) is 11.8 Å². The molecule has 3 rings (SSSR count). The summed E-state index contributed by atoms with van der Waals surface area (Å²) in [7, 11) is 1.73. The first-order valence-corrected chi connectivity index (χ1v) is 9.91. The van der Waals surface area contributed by atoms with Gasteiger partial charge in [-0.1, -0.05) is 31.5 Å². The van der Waals surface area contributed by atoms with E-state index < -0.39 is 0 Å². The zero-order valence-electron chi connectivity index (χ0n) is 14.8. The van der Waals surface area contributed by atoms with Crippen molar-refractivity contribution in [3.63, 3.8) is 0 Å². The maximum Gasteiger partial charge on any atom is 0.251 e. The number of hydrogen-bond donors (Lipinski definition) is 0. The van der Waals surface area contributed by atoms with Crippen LogP contribution in [-0.4, -0.2) is 34.2 Å². The average Bonchev–Trinajstić information content (AvgIpc) is 2.55. The second-order valence-electron chi connectivity index (χ2n) is 7.10. The van der Waals surface area contributed by atoms with Gasteiger partial charge in [0, 0.05) is 41.5 Å². The number of hydrogen-bond acceptors (Lipinski definition) is 3. The van der Waals surface area contributed by atoms with E-state index >= 15 is 0 Å². The molecule has 0 saturated carbocycles. The molecule has 2 heterocycles. The summed E-state index contributed by atoms with van der Waals surface area (Å²) in [4.78, 5) is 27.6. The minimum absolute atomic E-state index is 0.0927. The van der Waals surface area contributed by atoms with Crippen LogP contribution < -0.4 is 5.56 Å².